The highest BCUT2D eigenvalue weighted by Crippen LogP contribution is 2.19. The lowest BCUT2D eigenvalue weighted by atomic mass is 10.1. The second-order valence-corrected chi connectivity index (χ2v) is 5.32. The first-order valence-electron chi connectivity index (χ1n) is 7.53. The van der Waals surface area contributed by atoms with Gasteiger partial charge in [-0.3, -0.25) is 0 Å². The number of allylic oxidation sites excluding steroid dienone is 1. The lowest BCUT2D eigenvalue weighted by molar-refractivity contribution is 1.21. The molecule has 2 rings (SSSR count). The number of nitrogens with zero attached hydrogens (tertiary/aromatic N) is 2. The molecule has 0 amide bonds. The van der Waals surface area contributed by atoms with Gasteiger partial charge < -0.3 is 0 Å². The maximum Gasteiger partial charge on any atom is 0.159 e. The zero-order valence-corrected chi connectivity index (χ0v) is 13.5. The minimum atomic E-state index is 0.653. The lowest BCUT2D eigenvalue weighted by Crippen LogP contribution is -1.98. The van der Waals surface area contributed by atoms with Crippen molar-refractivity contribution in [2.45, 2.75) is 27.2 Å². The fraction of sp³-hybridized carbons (Fsp3) is 0.200. The van der Waals surface area contributed by atoms with Crippen LogP contribution in [0.25, 0.3) is 5.70 Å². The first-order valence-corrected chi connectivity index (χ1v) is 7.53. The summed E-state index contributed by atoms with van der Waals surface area (Å²) in [5.74, 6) is 0.653. The van der Waals surface area contributed by atoms with E-state index in [1.807, 2.05) is 12.1 Å². The zero-order chi connectivity index (χ0) is 15.9. The highest BCUT2D eigenvalue weighted by molar-refractivity contribution is 6.04. The number of rotatable bonds is 4. The fourth-order valence-corrected chi connectivity index (χ4v) is 2.15. The van der Waals surface area contributed by atoms with Gasteiger partial charge in [-0.2, -0.15) is 0 Å². The molecule has 2 aromatic carbocycles. The van der Waals surface area contributed by atoms with Crippen LogP contribution in [0.5, 0.6) is 0 Å². The Balaban J connectivity index is 2.43. The largest absolute Gasteiger partial charge is 0.245 e. The maximum atomic E-state index is 4.73. The molecule has 0 aliphatic rings. The van der Waals surface area contributed by atoms with E-state index in [4.69, 9.17) is 4.99 Å². The predicted octanol–water partition coefficient (Wildman–Crippen LogP) is 5.20. The predicted molar refractivity (Wildman–Crippen MR) is 96.7 cm³/mol. The van der Waals surface area contributed by atoms with Crippen molar-refractivity contribution in [2.24, 2.45) is 9.98 Å². The Labute approximate surface area is 133 Å². The second-order valence-electron chi connectivity index (χ2n) is 5.32. The van der Waals surface area contributed by atoms with E-state index >= 15 is 0 Å². The molecule has 0 aromatic heterocycles. The Morgan fingerprint density at radius 2 is 1.41 bits per heavy atom. The molecular weight excluding hydrogens is 268 g/mol. The first kappa shape index (κ1) is 15.9. The average molecular weight is 290 g/mol. The molecule has 0 saturated carbocycles. The smallest absolute Gasteiger partial charge is 0.159 e. The van der Waals surface area contributed by atoms with Crippen LogP contribution >= 0.6 is 0 Å². The molecule has 0 N–H and O–H groups in total. The summed E-state index contributed by atoms with van der Waals surface area (Å²) in [5, 5.41) is 0. The Hall–Kier alpha value is -2.48. The maximum absolute atomic E-state index is 4.73. The van der Waals surface area contributed by atoms with Gasteiger partial charge in [-0.15, -0.1) is 0 Å². The SMILES string of the molecule is C=NC(=N/C(=C/CC)c1ccc(C)cc1)c1ccc(C)cc1. The van der Waals surface area contributed by atoms with Crippen molar-refractivity contribution >= 4 is 18.3 Å². The third-order valence-electron chi connectivity index (χ3n) is 3.43. The normalized spacial score (nSPS) is 12.3. The Morgan fingerprint density at radius 3 is 1.86 bits per heavy atom. The van der Waals surface area contributed by atoms with Crippen LogP contribution in [0.2, 0.25) is 0 Å². The summed E-state index contributed by atoms with van der Waals surface area (Å²) in [6, 6.07) is 16.6. The van der Waals surface area contributed by atoms with E-state index in [-0.39, 0.29) is 0 Å². The van der Waals surface area contributed by atoms with Crippen molar-refractivity contribution in [3.05, 3.63) is 76.9 Å². The van der Waals surface area contributed by atoms with Crippen LogP contribution in [-0.4, -0.2) is 12.6 Å². The standard InChI is InChI=1S/C20H22N2/c1-5-6-19(17-11-7-15(2)8-12-17)22-20(21-4)18-13-9-16(3)10-14-18/h6-14H,4-5H2,1-3H3/b19-6+,22-20?. The minimum Gasteiger partial charge on any atom is -0.245 e. The van der Waals surface area contributed by atoms with Crippen LogP contribution in [0.4, 0.5) is 0 Å². The van der Waals surface area contributed by atoms with Gasteiger partial charge in [0.15, 0.2) is 5.84 Å². The number of benzene rings is 2. The molecular formula is C20H22N2. The van der Waals surface area contributed by atoms with E-state index in [2.05, 4.69) is 75.0 Å². The summed E-state index contributed by atoms with van der Waals surface area (Å²) in [5.41, 5.74) is 5.47. The highest BCUT2D eigenvalue weighted by atomic mass is 14.9. The van der Waals surface area contributed by atoms with Crippen LogP contribution in [0.3, 0.4) is 0 Å². The molecule has 0 aliphatic heterocycles. The van der Waals surface area contributed by atoms with Crippen LogP contribution in [0.15, 0.2) is 64.6 Å². The molecule has 0 atom stereocenters. The average Bonchev–Trinajstić information content (AvgIpc) is 2.53. The number of aliphatic imine (C=N–C) groups is 2. The summed E-state index contributed by atoms with van der Waals surface area (Å²) in [6.07, 6.45) is 3.04. The molecule has 0 unspecified atom stereocenters. The molecule has 0 bridgehead atoms. The van der Waals surface area contributed by atoms with Crippen molar-refractivity contribution < 1.29 is 0 Å². The molecule has 0 saturated heterocycles. The van der Waals surface area contributed by atoms with Crippen molar-refractivity contribution in [1.82, 2.24) is 0 Å². The van der Waals surface area contributed by atoms with E-state index in [9.17, 15) is 0 Å². The molecule has 112 valence electrons. The van der Waals surface area contributed by atoms with Gasteiger partial charge in [0, 0.05) is 5.56 Å². The van der Waals surface area contributed by atoms with E-state index in [0.717, 1.165) is 23.2 Å². The number of aryl methyl sites for hydroxylation is 2. The molecule has 0 heterocycles. The first-order chi connectivity index (χ1) is 10.6. The van der Waals surface area contributed by atoms with Gasteiger partial charge in [0.2, 0.25) is 0 Å². The van der Waals surface area contributed by atoms with E-state index < -0.39 is 0 Å². The van der Waals surface area contributed by atoms with Crippen molar-refractivity contribution in [1.29, 1.82) is 0 Å². The van der Waals surface area contributed by atoms with Gasteiger partial charge in [0.05, 0.1) is 5.70 Å². The van der Waals surface area contributed by atoms with E-state index in [1.165, 1.54) is 11.1 Å². The molecule has 2 aromatic rings. The lowest BCUT2D eigenvalue weighted by Gasteiger charge is -2.06. The quantitative estimate of drug-likeness (QED) is 0.546. The summed E-state index contributed by atoms with van der Waals surface area (Å²) >= 11 is 0. The van der Waals surface area contributed by atoms with Crippen molar-refractivity contribution in [3.8, 4) is 0 Å². The summed E-state index contributed by atoms with van der Waals surface area (Å²) in [6.45, 7) is 9.93. The zero-order valence-electron chi connectivity index (χ0n) is 13.5. The molecule has 2 heteroatoms. The summed E-state index contributed by atoms with van der Waals surface area (Å²) < 4.78 is 0. The van der Waals surface area contributed by atoms with E-state index in [0.29, 0.717) is 5.84 Å². The van der Waals surface area contributed by atoms with Crippen LogP contribution < -0.4 is 0 Å². The Kier molecular flexibility index (Phi) is 5.42. The molecule has 22 heavy (non-hydrogen) atoms. The van der Waals surface area contributed by atoms with Gasteiger partial charge in [0.25, 0.3) is 0 Å². The van der Waals surface area contributed by atoms with Gasteiger partial charge in [-0.1, -0.05) is 72.7 Å². The summed E-state index contributed by atoms with van der Waals surface area (Å²) in [7, 11) is 0. The minimum absolute atomic E-state index is 0.653. The number of amidine groups is 1. The molecule has 0 aliphatic carbocycles. The number of hydrogen-bond acceptors (Lipinski definition) is 1. The van der Waals surface area contributed by atoms with Crippen LogP contribution in [0, 0.1) is 13.8 Å². The molecule has 0 radical (unpaired) electrons. The molecule has 0 fully saturated rings. The van der Waals surface area contributed by atoms with Crippen LogP contribution in [0.1, 0.15) is 35.6 Å². The third-order valence-corrected chi connectivity index (χ3v) is 3.43. The van der Waals surface area contributed by atoms with Gasteiger partial charge in [0.1, 0.15) is 0 Å². The van der Waals surface area contributed by atoms with Crippen molar-refractivity contribution in [2.75, 3.05) is 0 Å². The molecule has 2 nitrogen and oxygen atoms in total. The Bertz CT molecular complexity index is 689. The van der Waals surface area contributed by atoms with E-state index in [1.54, 1.807) is 0 Å². The van der Waals surface area contributed by atoms with Gasteiger partial charge in [-0.05, 0) is 32.5 Å². The summed E-state index contributed by atoms with van der Waals surface area (Å²) in [4.78, 5) is 8.84. The topological polar surface area (TPSA) is 24.7 Å². The van der Waals surface area contributed by atoms with Crippen LogP contribution in [-0.2, 0) is 0 Å². The third kappa shape index (κ3) is 4.01. The monoisotopic (exact) mass is 290 g/mol. The number of hydrogen-bond donors (Lipinski definition) is 0. The van der Waals surface area contributed by atoms with Gasteiger partial charge in [-0.25, -0.2) is 9.98 Å². The fourth-order valence-electron chi connectivity index (χ4n) is 2.15. The van der Waals surface area contributed by atoms with Crippen molar-refractivity contribution in [3.63, 3.8) is 0 Å². The Morgan fingerprint density at radius 1 is 0.909 bits per heavy atom. The highest BCUT2D eigenvalue weighted by Gasteiger charge is 2.05. The molecule has 0 spiro atoms. The van der Waals surface area contributed by atoms with Gasteiger partial charge >= 0.3 is 0 Å². The second kappa shape index (κ2) is 7.51.